The first kappa shape index (κ1) is 22.4. The Kier molecular flexibility index (Phi) is 6.61. The van der Waals surface area contributed by atoms with Gasteiger partial charge in [-0.3, -0.25) is 14.5 Å². The summed E-state index contributed by atoms with van der Waals surface area (Å²) >= 11 is 1.16. The molecule has 6 nitrogen and oxygen atoms in total. The van der Waals surface area contributed by atoms with Crippen LogP contribution < -0.4 is 10.2 Å². The third-order valence-corrected chi connectivity index (χ3v) is 6.40. The Morgan fingerprint density at radius 3 is 2.55 bits per heavy atom. The van der Waals surface area contributed by atoms with Gasteiger partial charge in [-0.15, -0.1) is 0 Å². The van der Waals surface area contributed by atoms with E-state index in [1.54, 1.807) is 12.1 Å². The smallest absolute Gasteiger partial charge is 0.265 e. The van der Waals surface area contributed by atoms with Gasteiger partial charge in [0.05, 0.1) is 18.1 Å². The van der Waals surface area contributed by atoms with Gasteiger partial charge in [0.15, 0.2) is 0 Å². The van der Waals surface area contributed by atoms with Crippen molar-refractivity contribution in [3.63, 3.8) is 0 Å². The van der Waals surface area contributed by atoms with Gasteiger partial charge < -0.3 is 9.73 Å². The van der Waals surface area contributed by atoms with Gasteiger partial charge in [-0.05, 0) is 55.3 Å². The number of thioether (sulfide) groups is 1. The molecule has 0 spiro atoms. The van der Waals surface area contributed by atoms with Crippen LogP contribution in [0.2, 0.25) is 0 Å². The van der Waals surface area contributed by atoms with E-state index in [9.17, 15) is 19.2 Å². The van der Waals surface area contributed by atoms with Crippen LogP contribution in [0.5, 0.6) is 0 Å². The molecule has 4 rings (SSSR count). The molecule has 3 aromatic rings. The number of carbonyl (C=O) groups is 2. The number of hydrogen-bond acceptors (Lipinski definition) is 5. The lowest BCUT2D eigenvalue weighted by Gasteiger charge is -2.18. The number of hydrogen-bond donors (Lipinski definition) is 1. The Hall–Kier alpha value is -3.83. The minimum absolute atomic E-state index is 0.103. The fourth-order valence-electron chi connectivity index (χ4n) is 3.42. The average molecular weight is 462 g/mol. The number of aryl methyl sites for hydroxylation is 1. The highest BCUT2D eigenvalue weighted by molar-refractivity contribution is 8.05. The Labute approximate surface area is 194 Å². The van der Waals surface area contributed by atoms with Crippen LogP contribution in [0.1, 0.15) is 16.9 Å². The van der Waals surface area contributed by atoms with Crippen LogP contribution in [0.25, 0.3) is 0 Å². The number of nitriles is 1. The molecule has 2 amide bonds. The molecular formula is C25H20FN3O3S. The molecule has 1 fully saturated rings. The van der Waals surface area contributed by atoms with Crippen LogP contribution in [0, 0.1) is 24.1 Å². The third-order valence-electron chi connectivity index (χ3n) is 5.14. The first-order valence-electron chi connectivity index (χ1n) is 10.2. The molecule has 2 aromatic carbocycles. The summed E-state index contributed by atoms with van der Waals surface area (Å²) in [6, 6.07) is 18.6. The summed E-state index contributed by atoms with van der Waals surface area (Å²) in [4.78, 5) is 27.6. The van der Waals surface area contributed by atoms with Crippen molar-refractivity contribution in [2.24, 2.45) is 0 Å². The van der Waals surface area contributed by atoms with Crippen molar-refractivity contribution < 1.29 is 18.4 Å². The highest BCUT2D eigenvalue weighted by Crippen LogP contribution is 2.42. The van der Waals surface area contributed by atoms with Gasteiger partial charge in [0.2, 0.25) is 5.91 Å². The number of anilines is 1. The number of benzene rings is 2. The molecule has 1 aliphatic rings. The highest BCUT2D eigenvalue weighted by Gasteiger charge is 2.40. The second kappa shape index (κ2) is 9.76. The summed E-state index contributed by atoms with van der Waals surface area (Å²) in [6.07, 6.45) is 1.92. The number of nitrogens with zero attached hydrogens (tertiary/aromatic N) is 2. The van der Waals surface area contributed by atoms with Crippen molar-refractivity contribution in [3.8, 4) is 6.07 Å². The lowest BCUT2D eigenvalue weighted by molar-refractivity contribution is -0.117. The number of halogens is 1. The van der Waals surface area contributed by atoms with Crippen LogP contribution in [-0.4, -0.2) is 17.1 Å². The normalized spacial score (nSPS) is 17.1. The molecule has 0 saturated carbocycles. The van der Waals surface area contributed by atoms with E-state index in [1.165, 1.54) is 35.4 Å². The lowest BCUT2D eigenvalue weighted by Crippen LogP contribution is -2.32. The quantitative estimate of drug-likeness (QED) is 0.432. The predicted octanol–water partition coefficient (Wildman–Crippen LogP) is 4.47. The van der Waals surface area contributed by atoms with E-state index in [4.69, 9.17) is 4.42 Å². The molecule has 8 heteroatoms. The predicted molar refractivity (Wildman–Crippen MR) is 123 cm³/mol. The summed E-state index contributed by atoms with van der Waals surface area (Å²) < 4.78 is 18.7. The lowest BCUT2D eigenvalue weighted by atomic mass is 10.1. The second-order valence-corrected chi connectivity index (χ2v) is 8.69. The fourth-order valence-corrected chi connectivity index (χ4v) is 4.73. The maximum atomic E-state index is 13.5. The summed E-state index contributed by atoms with van der Waals surface area (Å²) in [7, 11) is 0. The highest BCUT2D eigenvalue weighted by atomic mass is 32.2. The van der Waals surface area contributed by atoms with Crippen molar-refractivity contribution in [2.45, 2.75) is 25.1 Å². The van der Waals surface area contributed by atoms with Gasteiger partial charge in [0, 0.05) is 5.69 Å². The number of furan rings is 1. The zero-order valence-corrected chi connectivity index (χ0v) is 18.6. The van der Waals surface area contributed by atoms with Gasteiger partial charge in [-0.1, -0.05) is 41.6 Å². The van der Waals surface area contributed by atoms with E-state index in [2.05, 4.69) is 5.32 Å². The van der Waals surface area contributed by atoms with Crippen molar-refractivity contribution in [1.29, 1.82) is 5.26 Å². The van der Waals surface area contributed by atoms with E-state index in [-0.39, 0.29) is 23.1 Å². The first-order valence-corrected chi connectivity index (χ1v) is 11.1. The van der Waals surface area contributed by atoms with E-state index in [1.807, 2.05) is 37.3 Å². The Balaban J connectivity index is 1.67. The monoisotopic (exact) mass is 461 g/mol. The fraction of sp³-hybridized carbons (Fsp3) is 0.160. The topological polar surface area (TPSA) is 86.3 Å². The second-order valence-electron chi connectivity index (χ2n) is 7.50. The average Bonchev–Trinajstić information content (AvgIpc) is 3.44. The summed E-state index contributed by atoms with van der Waals surface area (Å²) in [5, 5.41) is 12.2. The molecule has 166 valence electrons. The number of amides is 2. The minimum atomic E-state index is -0.618. The van der Waals surface area contributed by atoms with Crippen molar-refractivity contribution in [3.05, 3.63) is 100 Å². The van der Waals surface area contributed by atoms with Crippen LogP contribution in [0.15, 0.2) is 81.9 Å². The molecule has 1 N–H and O–H groups in total. The molecule has 0 aliphatic carbocycles. The van der Waals surface area contributed by atoms with E-state index in [0.717, 1.165) is 22.9 Å². The van der Waals surface area contributed by atoms with Crippen LogP contribution >= 0.6 is 11.8 Å². The van der Waals surface area contributed by atoms with Gasteiger partial charge in [0.25, 0.3) is 5.91 Å². The number of rotatable bonds is 6. The van der Waals surface area contributed by atoms with E-state index in [0.29, 0.717) is 17.9 Å². The summed E-state index contributed by atoms with van der Waals surface area (Å²) in [5.74, 6) is -0.800. The SMILES string of the molecule is Cc1ccc(CC2SC(=C(C#N)C(=O)NCc3ccco3)N(c3ccc(F)cc3)C2=O)cc1. The van der Waals surface area contributed by atoms with Crippen LogP contribution in [0.4, 0.5) is 10.1 Å². The zero-order chi connectivity index (χ0) is 23.4. The zero-order valence-electron chi connectivity index (χ0n) is 17.7. The maximum absolute atomic E-state index is 13.5. The van der Waals surface area contributed by atoms with Crippen LogP contribution in [-0.2, 0) is 22.6 Å². The van der Waals surface area contributed by atoms with Gasteiger partial charge >= 0.3 is 0 Å². The number of nitrogens with one attached hydrogen (secondary N) is 1. The molecule has 1 unspecified atom stereocenters. The summed E-state index contributed by atoms with van der Waals surface area (Å²) in [6.45, 7) is 2.09. The molecule has 1 aliphatic heterocycles. The number of carbonyl (C=O) groups excluding carboxylic acids is 2. The molecule has 1 atom stereocenters. The molecule has 0 radical (unpaired) electrons. The van der Waals surface area contributed by atoms with Crippen molar-refractivity contribution in [2.75, 3.05) is 4.90 Å². The van der Waals surface area contributed by atoms with E-state index < -0.39 is 17.0 Å². The van der Waals surface area contributed by atoms with Crippen molar-refractivity contribution >= 4 is 29.3 Å². The van der Waals surface area contributed by atoms with Gasteiger partial charge in [0.1, 0.15) is 28.2 Å². The Morgan fingerprint density at radius 1 is 1.18 bits per heavy atom. The third kappa shape index (κ3) is 4.99. The Morgan fingerprint density at radius 2 is 1.91 bits per heavy atom. The van der Waals surface area contributed by atoms with Gasteiger partial charge in [-0.25, -0.2) is 4.39 Å². The summed E-state index contributed by atoms with van der Waals surface area (Å²) in [5.41, 5.74) is 2.28. The largest absolute Gasteiger partial charge is 0.467 e. The molecule has 1 saturated heterocycles. The molecule has 2 heterocycles. The standard InChI is InChI=1S/C25H20FN3O3S/c1-16-4-6-17(7-5-16)13-22-24(31)29(19-10-8-18(26)9-11-19)25(33-22)21(14-27)23(30)28-15-20-3-2-12-32-20/h2-12,22H,13,15H2,1H3,(H,28,30). The minimum Gasteiger partial charge on any atom is -0.467 e. The van der Waals surface area contributed by atoms with E-state index >= 15 is 0 Å². The molecular weight excluding hydrogens is 441 g/mol. The molecule has 33 heavy (non-hydrogen) atoms. The Bertz CT molecular complexity index is 1230. The maximum Gasteiger partial charge on any atom is 0.265 e. The van der Waals surface area contributed by atoms with Gasteiger partial charge in [-0.2, -0.15) is 5.26 Å². The molecule has 1 aromatic heterocycles. The first-order chi connectivity index (χ1) is 16.0. The molecule has 0 bridgehead atoms. The van der Waals surface area contributed by atoms with Crippen LogP contribution in [0.3, 0.4) is 0 Å². The van der Waals surface area contributed by atoms with Crippen molar-refractivity contribution in [1.82, 2.24) is 5.32 Å².